The Kier molecular flexibility index (Phi) is 6.74. The van der Waals surface area contributed by atoms with Crippen LogP contribution in [-0.2, 0) is 16.1 Å². The Morgan fingerprint density at radius 3 is 2.75 bits per heavy atom. The molecule has 2 fully saturated rings. The molecule has 0 aromatic carbocycles. The molecule has 0 spiro atoms. The summed E-state index contributed by atoms with van der Waals surface area (Å²) in [7, 11) is 0. The Hall–Kier alpha value is -2.55. The molecule has 1 saturated carbocycles. The zero-order valence-electron chi connectivity index (χ0n) is 18.7. The second-order valence-corrected chi connectivity index (χ2v) is 8.94. The molecule has 0 radical (unpaired) electrons. The standard InChI is InChI=1S/C23H31F2N5O2/c1-16-7-11-30(28-16)22-13-18(15-32-20-4-3-10-29(14-20)17(2)31)12-21(27-22)26-19-5-8-23(24,25)9-6-19/h7,11-13,19-20H,3-6,8-10,14-15H2,1-2H3,(H,26,27). The molecule has 3 heterocycles. The van der Waals surface area contributed by atoms with Crippen molar-refractivity contribution in [3.05, 3.63) is 35.7 Å². The maximum absolute atomic E-state index is 13.5. The molecule has 1 aliphatic carbocycles. The number of carbonyl (C=O) groups is 1. The molecule has 1 unspecified atom stereocenters. The summed E-state index contributed by atoms with van der Waals surface area (Å²) in [6.07, 6.45) is 4.30. The SMILES string of the molecule is CC(=O)N1CCCC(OCc2cc(NC3CCC(F)(F)CC3)nc(-n3ccc(C)n3)c2)C1. The van der Waals surface area contributed by atoms with Crippen LogP contribution in [0.2, 0.25) is 0 Å². The summed E-state index contributed by atoms with van der Waals surface area (Å²) in [6.45, 7) is 5.26. The third-order valence-electron chi connectivity index (χ3n) is 6.21. The first-order chi connectivity index (χ1) is 15.3. The van der Waals surface area contributed by atoms with Crippen molar-refractivity contribution in [1.29, 1.82) is 0 Å². The topological polar surface area (TPSA) is 72.3 Å². The number of aryl methyl sites for hydroxylation is 1. The Bertz CT molecular complexity index is 938. The van der Waals surface area contributed by atoms with Gasteiger partial charge < -0.3 is 15.0 Å². The highest BCUT2D eigenvalue weighted by Crippen LogP contribution is 2.34. The fourth-order valence-electron chi connectivity index (χ4n) is 4.36. The lowest BCUT2D eigenvalue weighted by Gasteiger charge is -2.32. The summed E-state index contributed by atoms with van der Waals surface area (Å²) in [6, 6.07) is 5.71. The Balaban J connectivity index is 1.48. The van der Waals surface area contributed by atoms with Gasteiger partial charge in [-0.05, 0) is 56.4 Å². The average Bonchev–Trinajstić information content (AvgIpc) is 3.20. The van der Waals surface area contributed by atoms with Crippen molar-refractivity contribution in [3.63, 3.8) is 0 Å². The number of ether oxygens (including phenoxy) is 1. The number of rotatable bonds is 6. The lowest BCUT2D eigenvalue weighted by atomic mass is 9.92. The summed E-state index contributed by atoms with van der Waals surface area (Å²) in [4.78, 5) is 18.2. The van der Waals surface area contributed by atoms with Crippen LogP contribution in [0.1, 0.15) is 56.7 Å². The molecule has 4 rings (SSSR count). The number of nitrogens with zero attached hydrogens (tertiary/aromatic N) is 4. The third kappa shape index (κ3) is 5.82. The quantitative estimate of drug-likeness (QED) is 0.722. The number of pyridine rings is 1. The largest absolute Gasteiger partial charge is 0.372 e. The van der Waals surface area contributed by atoms with Crippen LogP contribution < -0.4 is 5.32 Å². The number of piperidine rings is 1. The zero-order valence-corrected chi connectivity index (χ0v) is 18.7. The monoisotopic (exact) mass is 447 g/mol. The van der Waals surface area contributed by atoms with Crippen molar-refractivity contribution in [2.24, 2.45) is 0 Å². The van der Waals surface area contributed by atoms with Gasteiger partial charge in [-0.3, -0.25) is 4.79 Å². The van der Waals surface area contributed by atoms with Crippen LogP contribution in [-0.4, -0.2) is 56.7 Å². The van der Waals surface area contributed by atoms with Gasteiger partial charge in [-0.15, -0.1) is 0 Å². The number of hydrogen-bond acceptors (Lipinski definition) is 5. The molecule has 2 aliphatic rings. The first-order valence-corrected chi connectivity index (χ1v) is 11.3. The molecule has 2 aromatic rings. The smallest absolute Gasteiger partial charge is 0.248 e. The maximum atomic E-state index is 13.5. The first-order valence-electron chi connectivity index (χ1n) is 11.3. The molecule has 1 saturated heterocycles. The van der Waals surface area contributed by atoms with Gasteiger partial charge in [-0.25, -0.2) is 18.4 Å². The van der Waals surface area contributed by atoms with Crippen LogP contribution in [0.4, 0.5) is 14.6 Å². The molecule has 7 nitrogen and oxygen atoms in total. The Labute approximate surface area is 187 Å². The fraction of sp³-hybridized carbons (Fsp3) is 0.609. The van der Waals surface area contributed by atoms with Crippen molar-refractivity contribution in [3.8, 4) is 5.82 Å². The number of nitrogens with one attached hydrogen (secondary N) is 1. The molecule has 1 N–H and O–H groups in total. The van der Waals surface area contributed by atoms with E-state index in [2.05, 4.69) is 15.4 Å². The summed E-state index contributed by atoms with van der Waals surface area (Å²) >= 11 is 0. The van der Waals surface area contributed by atoms with Crippen LogP contribution >= 0.6 is 0 Å². The molecule has 1 aliphatic heterocycles. The highest BCUT2D eigenvalue weighted by atomic mass is 19.3. The molecule has 0 bridgehead atoms. The molecule has 1 atom stereocenters. The van der Waals surface area contributed by atoms with E-state index >= 15 is 0 Å². The minimum atomic E-state index is -2.56. The Morgan fingerprint density at radius 2 is 2.06 bits per heavy atom. The van der Waals surface area contributed by atoms with Crippen molar-refractivity contribution in [2.45, 2.75) is 77.0 Å². The van der Waals surface area contributed by atoms with Crippen LogP contribution in [0.15, 0.2) is 24.4 Å². The number of aromatic nitrogens is 3. The number of halogens is 2. The average molecular weight is 448 g/mol. The van der Waals surface area contributed by atoms with Crippen molar-refractivity contribution >= 4 is 11.7 Å². The summed E-state index contributed by atoms with van der Waals surface area (Å²) in [5.41, 5.74) is 1.80. The first kappa shape index (κ1) is 22.6. The van der Waals surface area contributed by atoms with Crippen LogP contribution in [0.25, 0.3) is 5.82 Å². The third-order valence-corrected chi connectivity index (χ3v) is 6.21. The number of hydrogen-bond donors (Lipinski definition) is 1. The van der Waals surface area contributed by atoms with E-state index in [1.54, 1.807) is 11.6 Å². The minimum Gasteiger partial charge on any atom is -0.372 e. The number of amides is 1. The maximum Gasteiger partial charge on any atom is 0.248 e. The minimum absolute atomic E-state index is 0.00630. The Morgan fingerprint density at radius 1 is 1.28 bits per heavy atom. The van der Waals surface area contributed by atoms with E-state index in [0.29, 0.717) is 37.6 Å². The van der Waals surface area contributed by atoms with E-state index in [-0.39, 0.29) is 30.9 Å². The predicted molar refractivity (Wildman–Crippen MR) is 117 cm³/mol. The van der Waals surface area contributed by atoms with Gasteiger partial charge in [0, 0.05) is 45.1 Å². The van der Waals surface area contributed by atoms with E-state index in [4.69, 9.17) is 4.74 Å². The van der Waals surface area contributed by atoms with Gasteiger partial charge >= 0.3 is 0 Å². The van der Waals surface area contributed by atoms with Gasteiger partial charge in [0.05, 0.1) is 18.4 Å². The van der Waals surface area contributed by atoms with E-state index < -0.39 is 5.92 Å². The molecule has 2 aromatic heterocycles. The fourth-order valence-corrected chi connectivity index (χ4v) is 4.36. The second-order valence-electron chi connectivity index (χ2n) is 8.94. The number of carbonyl (C=O) groups excluding carboxylic acids is 1. The lowest BCUT2D eigenvalue weighted by molar-refractivity contribution is -0.133. The van der Waals surface area contributed by atoms with E-state index in [1.807, 2.05) is 36.2 Å². The van der Waals surface area contributed by atoms with Gasteiger partial charge in [0.15, 0.2) is 5.82 Å². The summed E-state index contributed by atoms with van der Waals surface area (Å²) < 4.78 is 34.9. The van der Waals surface area contributed by atoms with Crippen molar-refractivity contribution < 1.29 is 18.3 Å². The lowest BCUT2D eigenvalue weighted by Crippen LogP contribution is -2.42. The molecule has 32 heavy (non-hydrogen) atoms. The number of alkyl halides is 2. The van der Waals surface area contributed by atoms with Gasteiger partial charge in [0.2, 0.25) is 11.8 Å². The van der Waals surface area contributed by atoms with Crippen LogP contribution in [0.3, 0.4) is 0 Å². The van der Waals surface area contributed by atoms with Gasteiger partial charge in [0.1, 0.15) is 5.82 Å². The zero-order chi connectivity index (χ0) is 22.7. The van der Waals surface area contributed by atoms with Crippen molar-refractivity contribution in [1.82, 2.24) is 19.7 Å². The normalized spacial score (nSPS) is 21.5. The summed E-state index contributed by atoms with van der Waals surface area (Å²) in [5.74, 6) is -1.20. The van der Waals surface area contributed by atoms with Crippen LogP contribution in [0, 0.1) is 6.92 Å². The molecule has 1 amide bonds. The second kappa shape index (κ2) is 9.52. The van der Waals surface area contributed by atoms with E-state index in [0.717, 1.165) is 30.6 Å². The highest BCUT2D eigenvalue weighted by Gasteiger charge is 2.35. The molecular weight excluding hydrogens is 416 g/mol. The highest BCUT2D eigenvalue weighted by molar-refractivity contribution is 5.73. The van der Waals surface area contributed by atoms with Gasteiger partial charge in [0.25, 0.3) is 0 Å². The van der Waals surface area contributed by atoms with Gasteiger partial charge in [-0.2, -0.15) is 5.10 Å². The van der Waals surface area contributed by atoms with E-state index in [1.165, 1.54) is 0 Å². The van der Waals surface area contributed by atoms with E-state index in [9.17, 15) is 13.6 Å². The van der Waals surface area contributed by atoms with Crippen LogP contribution in [0.5, 0.6) is 0 Å². The molecular formula is C23H31F2N5O2. The number of anilines is 1. The molecule has 174 valence electrons. The number of likely N-dealkylation sites (tertiary alicyclic amines) is 1. The molecule has 9 heteroatoms. The van der Waals surface area contributed by atoms with Crippen molar-refractivity contribution in [2.75, 3.05) is 18.4 Å². The predicted octanol–water partition coefficient (Wildman–Crippen LogP) is 4.09. The van der Waals surface area contributed by atoms with Gasteiger partial charge in [-0.1, -0.05) is 0 Å². The summed E-state index contributed by atoms with van der Waals surface area (Å²) in [5, 5.41) is 7.79.